The van der Waals surface area contributed by atoms with E-state index in [9.17, 15) is 4.79 Å². The second kappa shape index (κ2) is 7.07. The summed E-state index contributed by atoms with van der Waals surface area (Å²) in [6.07, 6.45) is 0.852. The quantitative estimate of drug-likeness (QED) is 0.906. The molecule has 5 nitrogen and oxygen atoms in total. The van der Waals surface area contributed by atoms with Crippen molar-refractivity contribution in [2.75, 3.05) is 57.9 Å². The standard InChI is InChI=1S/C17H24ClN3O2/c1-23-13-17(6-7-19-12-17)16(22)21-10-8-20(9-11-21)15-5-3-2-4-14(15)18/h2-5,19H,6-13H2,1H3. The van der Waals surface area contributed by atoms with Crippen LogP contribution in [-0.4, -0.2) is 63.8 Å². The Morgan fingerprint density at radius 3 is 2.65 bits per heavy atom. The van der Waals surface area contributed by atoms with Crippen LogP contribution in [0, 0.1) is 5.41 Å². The molecule has 2 fully saturated rings. The number of anilines is 1. The minimum Gasteiger partial charge on any atom is -0.384 e. The van der Waals surface area contributed by atoms with Crippen molar-refractivity contribution in [3.8, 4) is 0 Å². The normalized spacial score (nSPS) is 25.0. The van der Waals surface area contributed by atoms with E-state index in [1.807, 2.05) is 29.2 Å². The molecule has 2 heterocycles. The minimum absolute atomic E-state index is 0.225. The first-order chi connectivity index (χ1) is 11.2. The van der Waals surface area contributed by atoms with Crippen LogP contribution < -0.4 is 10.2 Å². The fourth-order valence-corrected chi connectivity index (χ4v) is 3.84. The molecule has 23 heavy (non-hydrogen) atoms. The number of ether oxygens (including phenoxy) is 1. The molecule has 2 aliphatic rings. The lowest BCUT2D eigenvalue weighted by atomic mass is 9.86. The summed E-state index contributed by atoms with van der Waals surface area (Å²) in [7, 11) is 1.67. The smallest absolute Gasteiger partial charge is 0.232 e. The molecule has 3 rings (SSSR count). The van der Waals surface area contributed by atoms with Gasteiger partial charge in [0.15, 0.2) is 0 Å². The molecule has 0 bridgehead atoms. The zero-order valence-electron chi connectivity index (χ0n) is 13.6. The summed E-state index contributed by atoms with van der Waals surface area (Å²) < 4.78 is 5.33. The summed E-state index contributed by atoms with van der Waals surface area (Å²) in [5, 5.41) is 4.07. The third-order valence-electron chi connectivity index (χ3n) is 4.88. The number of rotatable bonds is 4. The highest BCUT2D eigenvalue weighted by Gasteiger charge is 2.44. The summed E-state index contributed by atoms with van der Waals surface area (Å²) in [6.45, 7) is 5.17. The number of hydrogen-bond donors (Lipinski definition) is 1. The molecule has 126 valence electrons. The molecule has 0 aliphatic carbocycles. The molecule has 0 spiro atoms. The molecule has 6 heteroatoms. The molecule has 1 atom stereocenters. The van der Waals surface area contributed by atoms with Gasteiger partial charge in [0.1, 0.15) is 0 Å². The Morgan fingerprint density at radius 2 is 2.04 bits per heavy atom. The number of methoxy groups -OCH3 is 1. The highest BCUT2D eigenvalue weighted by atomic mass is 35.5. The summed E-state index contributed by atoms with van der Waals surface area (Å²) in [5.41, 5.74) is 0.664. The molecule has 0 saturated carbocycles. The largest absolute Gasteiger partial charge is 0.384 e. The molecule has 1 unspecified atom stereocenters. The summed E-state index contributed by atoms with van der Waals surface area (Å²) in [5.74, 6) is 0.225. The number of nitrogens with one attached hydrogen (secondary N) is 1. The van der Waals surface area contributed by atoms with E-state index in [-0.39, 0.29) is 11.3 Å². The van der Waals surface area contributed by atoms with Gasteiger partial charge < -0.3 is 19.9 Å². The van der Waals surface area contributed by atoms with Gasteiger partial charge in [0.25, 0.3) is 0 Å². The number of carbonyl (C=O) groups is 1. The average Bonchev–Trinajstić information content (AvgIpc) is 3.05. The molecule has 1 aromatic carbocycles. The number of hydrogen-bond acceptors (Lipinski definition) is 4. The lowest BCUT2D eigenvalue weighted by Gasteiger charge is -2.40. The number of carbonyl (C=O) groups excluding carboxylic acids is 1. The SMILES string of the molecule is COCC1(C(=O)N2CCN(c3ccccc3Cl)CC2)CCNC1. The van der Waals surface area contributed by atoms with Crippen LogP contribution in [0.5, 0.6) is 0 Å². The monoisotopic (exact) mass is 337 g/mol. The van der Waals surface area contributed by atoms with Gasteiger partial charge in [-0.25, -0.2) is 0 Å². The Hall–Kier alpha value is -1.30. The Morgan fingerprint density at radius 1 is 1.30 bits per heavy atom. The van der Waals surface area contributed by atoms with E-state index >= 15 is 0 Å². The first-order valence-electron chi connectivity index (χ1n) is 8.15. The van der Waals surface area contributed by atoms with Crippen molar-refractivity contribution < 1.29 is 9.53 Å². The maximum Gasteiger partial charge on any atom is 0.232 e. The number of nitrogens with zero attached hydrogens (tertiary/aromatic N) is 2. The van der Waals surface area contributed by atoms with Crippen LogP contribution >= 0.6 is 11.6 Å². The predicted octanol–water partition coefficient (Wildman–Crippen LogP) is 1.61. The van der Waals surface area contributed by atoms with Crippen molar-refractivity contribution in [3.63, 3.8) is 0 Å². The number of amides is 1. The van der Waals surface area contributed by atoms with E-state index in [0.717, 1.165) is 49.9 Å². The first-order valence-corrected chi connectivity index (χ1v) is 8.53. The van der Waals surface area contributed by atoms with Crippen LogP contribution in [0.3, 0.4) is 0 Å². The second-order valence-electron chi connectivity index (χ2n) is 6.37. The lowest BCUT2D eigenvalue weighted by molar-refractivity contribution is -0.144. The Bertz CT molecular complexity index is 553. The zero-order chi connectivity index (χ0) is 16.3. The second-order valence-corrected chi connectivity index (χ2v) is 6.78. The Labute approximate surface area is 142 Å². The number of halogens is 1. The van der Waals surface area contributed by atoms with Crippen LogP contribution in [0.15, 0.2) is 24.3 Å². The molecular formula is C17H24ClN3O2. The number of piperazine rings is 1. The highest BCUT2D eigenvalue weighted by Crippen LogP contribution is 2.30. The molecule has 1 aromatic rings. The van der Waals surface area contributed by atoms with Gasteiger partial charge in [-0.15, -0.1) is 0 Å². The third-order valence-corrected chi connectivity index (χ3v) is 5.20. The van der Waals surface area contributed by atoms with Gasteiger partial charge >= 0.3 is 0 Å². The van der Waals surface area contributed by atoms with Gasteiger partial charge in [0.05, 0.1) is 22.7 Å². The van der Waals surface area contributed by atoms with Crippen LogP contribution in [0.4, 0.5) is 5.69 Å². The number of para-hydroxylation sites is 1. The molecular weight excluding hydrogens is 314 g/mol. The highest BCUT2D eigenvalue weighted by molar-refractivity contribution is 6.33. The van der Waals surface area contributed by atoms with Gasteiger partial charge in [0.2, 0.25) is 5.91 Å². The van der Waals surface area contributed by atoms with Gasteiger partial charge in [-0.05, 0) is 25.1 Å². The van der Waals surface area contributed by atoms with Gasteiger partial charge in [-0.1, -0.05) is 23.7 Å². The van der Waals surface area contributed by atoms with E-state index in [1.165, 1.54) is 0 Å². The fraction of sp³-hybridized carbons (Fsp3) is 0.588. The Balaban J connectivity index is 1.64. The van der Waals surface area contributed by atoms with Gasteiger partial charge in [0, 0.05) is 39.8 Å². The van der Waals surface area contributed by atoms with Crippen molar-refractivity contribution in [1.82, 2.24) is 10.2 Å². The van der Waals surface area contributed by atoms with Crippen molar-refractivity contribution >= 4 is 23.2 Å². The molecule has 0 aromatic heterocycles. The van der Waals surface area contributed by atoms with Crippen LogP contribution in [0.25, 0.3) is 0 Å². The predicted molar refractivity (Wildman–Crippen MR) is 92.0 cm³/mol. The van der Waals surface area contributed by atoms with E-state index in [1.54, 1.807) is 7.11 Å². The first kappa shape index (κ1) is 16.6. The lowest BCUT2D eigenvalue weighted by Crippen LogP contribution is -2.55. The van der Waals surface area contributed by atoms with E-state index < -0.39 is 0 Å². The third kappa shape index (κ3) is 3.32. The minimum atomic E-state index is -0.388. The van der Waals surface area contributed by atoms with Gasteiger partial charge in [-0.3, -0.25) is 4.79 Å². The average molecular weight is 338 g/mol. The molecule has 1 amide bonds. The summed E-state index contributed by atoms with van der Waals surface area (Å²) in [6, 6.07) is 7.88. The zero-order valence-corrected chi connectivity index (χ0v) is 14.3. The van der Waals surface area contributed by atoms with Gasteiger partial charge in [-0.2, -0.15) is 0 Å². The van der Waals surface area contributed by atoms with E-state index in [2.05, 4.69) is 10.2 Å². The Kier molecular flexibility index (Phi) is 5.09. The molecule has 2 aliphatic heterocycles. The van der Waals surface area contributed by atoms with Crippen LogP contribution in [-0.2, 0) is 9.53 Å². The molecule has 1 N–H and O–H groups in total. The fourth-order valence-electron chi connectivity index (χ4n) is 3.58. The topological polar surface area (TPSA) is 44.8 Å². The summed E-state index contributed by atoms with van der Waals surface area (Å²) >= 11 is 6.28. The van der Waals surface area contributed by atoms with Crippen molar-refractivity contribution in [1.29, 1.82) is 0 Å². The maximum atomic E-state index is 13.0. The molecule has 0 radical (unpaired) electrons. The van der Waals surface area contributed by atoms with E-state index in [0.29, 0.717) is 13.2 Å². The number of benzene rings is 1. The maximum absolute atomic E-state index is 13.0. The van der Waals surface area contributed by atoms with Crippen molar-refractivity contribution in [2.45, 2.75) is 6.42 Å². The molecule has 2 saturated heterocycles. The van der Waals surface area contributed by atoms with Crippen molar-refractivity contribution in [3.05, 3.63) is 29.3 Å². The summed E-state index contributed by atoms with van der Waals surface area (Å²) in [4.78, 5) is 17.2. The van der Waals surface area contributed by atoms with Crippen LogP contribution in [0.1, 0.15) is 6.42 Å². The van der Waals surface area contributed by atoms with Crippen molar-refractivity contribution in [2.24, 2.45) is 5.41 Å². The van der Waals surface area contributed by atoms with Crippen LogP contribution in [0.2, 0.25) is 5.02 Å². The van der Waals surface area contributed by atoms with E-state index in [4.69, 9.17) is 16.3 Å².